The number of nitrogens with one attached hydrogen (secondary N) is 1. The lowest BCUT2D eigenvalue weighted by molar-refractivity contribution is -0.274. The average molecular weight is 486 g/mol. The Labute approximate surface area is 206 Å². The summed E-state index contributed by atoms with van der Waals surface area (Å²) in [4.78, 5) is 0. The van der Waals surface area contributed by atoms with E-state index in [1.165, 1.54) is 30.5 Å². The fourth-order valence-corrected chi connectivity index (χ4v) is 3.85. The van der Waals surface area contributed by atoms with Crippen LogP contribution < -0.4 is 14.8 Å². The highest BCUT2D eigenvalue weighted by Crippen LogP contribution is 2.33. The maximum Gasteiger partial charge on any atom is 0.573 e. The van der Waals surface area contributed by atoms with E-state index in [0.717, 1.165) is 61.2 Å². The van der Waals surface area contributed by atoms with Crippen LogP contribution in [0.3, 0.4) is 0 Å². The largest absolute Gasteiger partial charge is 0.573 e. The molecule has 1 N–H and O–H groups in total. The van der Waals surface area contributed by atoms with Crippen molar-refractivity contribution in [2.24, 2.45) is 0 Å². The van der Waals surface area contributed by atoms with Crippen molar-refractivity contribution in [2.45, 2.75) is 58.2 Å². The van der Waals surface area contributed by atoms with E-state index >= 15 is 0 Å². The van der Waals surface area contributed by atoms with Crippen LogP contribution in [0.15, 0.2) is 72.8 Å². The molecule has 0 atom stereocenters. The van der Waals surface area contributed by atoms with E-state index in [-0.39, 0.29) is 5.75 Å². The molecule has 3 nitrogen and oxygen atoms in total. The van der Waals surface area contributed by atoms with Crippen LogP contribution in [0.4, 0.5) is 18.9 Å². The van der Waals surface area contributed by atoms with Crippen LogP contribution >= 0.6 is 0 Å². The lowest BCUT2D eigenvalue weighted by atomic mass is 10.0. The third-order valence-electron chi connectivity index (χ3n) is 5.71. The standard InChI is InChI=1S/C29H34F3NO2/c1-2-3-4-10-21-34-28-22-25(24-14-17-26(18-15-24)35-29(30,31)32)16-19-27(28)33-20-9-8-13-23-11-6-5-7-12-23/h5-7,11-12,14-19,22,33H,2-4,8-10,13,20-21H2,1H3. The highest BCUT2D eigenvalue weighted by Gasteiger charge is 2.30. The van der Waals surface area contributed by atoms with Gasteiger partial charge < -0.3 is 14.8 Å². The van der Waals surface area contributed by atoms with Crippen molar-refractivity contribution in [1.82, 2.24) is 0 Å². The third-order valence-corrected chi connectivity index (χ3v) is 5.71. The Morgan fingerprint density at radius 3 is 2.23 bits per heavy atom. The Bertz CT molecular complexity index is 1000. The van der Waals surface area contributed by atoms with Gasteiger partial charge in [0.1, 0.15) is 11.5 Å². The third kappa shape index (κ3) is 9.55. The molecule has 188 valence electrons. The number of hydrogen-bond acceptors (Lipinski definition) is 3. The summed E-state index contributed by atoms with van der Waals surface area (Å²) in [7, 11) is 0. The number of anilines is 1. The fourth-order valence-electron chi connectivity index (χ4n) is 3.85. The molecule has 0 saturated heterocycles. The molecule has 0 aliphatic heterocycles. The van der Waals surface area contributed by atoms with Gasteiger partial charge in [-0.05, 0) is 66.6 Å². The lowest BCUT2D eigenvalue weighted by Gasteiger charge is -2.16. The second-order valence-electron chi connectivity index (χ2n) is 8.56. The first-order valence-corrected chi connectivity index (χ1v) is 12.4. The molecule has 0 amide bonds. The maximum atomic E-state index is 12.4. The summed E-state index contributed by atoms with van der Waals surface area (Å²) in [5, 5.41) is 3.50. The molecule has 0 unspecified atom stereocenters. The van der Waals surface area contributed by atoms with Gasteiger partial charge in [0.15, 0.2) is 0 Å². The van der Waals surface area contributed by atoms with Gasteiger partial charge in [-0.25, -0.2) is 0 Å². The van der Waals surface area contributed by atoms with E-state index in [9.17, 15) is 13.2 Å². The second-order valence-corrected chi connectivity index (χ2v) is 8.56. The van der Waals surface area contributed by atoms with E-state index in [4.69, 9.17) is 4.74 Å². The highest BCUT2D eigenvalue weighted by atomic mass is 19.4. The first kappa shape index (κ1) is 26.5. The van der Waals surface area contributed by atoms with E-state index < -0.39 is 6.36 Å². The molecule has 35 heavy (non-hydrogen) atoms. The summed E-state index contributed by atoms with van der Waals surface area (Å²) >= 11 is 0. The predicted molar refractivity (Wildman–Crippen MR) is 136 cm³/mol. The zero-order valence-corrected chi connectivity index (χ0v) is 20.2. The summed E-state index contributed by atoms with van der Waals surface area (Å²) in [6.07, 6.45) is 2.94. The number of benzene rings is 3. The molecule has 3 aromatic carbocycles. The molecule has 0 radical (unpaired) electrons. The molecule has 0 aliphatic carbocycles. The molecule has 0 aromatic heterocycles. The van der Waals surface area contributed by atoms with Crippen LogP contribution in [0.2, 0.25) is 0 Å². The van der Waals surface area contributed by atoms with Gasteiger partial charge in [-0.1, -0.05) is 74.7 Å². The Morgan fingerprint density at radius 1 is 0.771 bits per heavy atom. The molecule has 0 bridgehead atoms. The van der Waals surface area contributed by atoms with Gasteiger partial charge in [0.05, 0.1) is 12.3 Å². The van der Waals surface area contributed by atoms with Crippen molar-refractivity contribution >= 4 is 5.69 Å². The van der Waals surface area contributed by atoms with Crippen molar-refractivity contribution in [1.29, 1.82) is 0 Å². The number of rotatable bonds is 14. The van der Waals surface area contributed by atoms with Crippen molar-refractivity contribution in [3.63, 3.8) is 0 Å². The number of alkyl halides is 3. The first-order chi connectivity index (χ1) is 16.9. The monoisotopic (exact) mass is 485 g/mol. The molecule has 3 rings (SSSR count). The van der Waals surface area contributed by atoms with Gasteiger partial charge in [-0.3, -0.25) is 0 Å². The maximum absolute atomic E-state index is 12.4. The van der Waals surface area contributed by atoms with Gasteiger partial charge in [0.2, 0.25) is 0 Å². The topological polar surface area (TPSA) is 30.5 Å². The first-order valence-electron chi connectivity index (χ1n) is 12.4. The molecule has 0 fully saturated rings. The normalized spacial score (nSPS) is 11.3. The molecule has 6 heteroatoms. The Kier molecular flexibility index (Phi) is 10.3. The fraction of sp³-hybridized carbons (Fsp3) is 0.379. The number of ether oxygens (including phenoxy) is 2. The second kappa shape index (κ2) is 13.7. The van der Waals surface area contributed by atoms with E-state index in [2.05, 4.69) is 41.2 Å². The number of aryl methyl sites for hydroxylation is 1. The summed E-state index contributed by atoms with van der Waals surface area (Å²) in [6.45, 7) is 3.64. The Balaban J connectivity index is 1.62. The number of unbranched alkanes of at least 4 members (excludes halogenated alkanes) is 4. The number of hydrogen-bond donors (Lipinski definition) is 1. The van der Waals surface area contributed by atoms with Crippen LogP contribution in [-0.4, -0.2) is 19.5 Å². The zero-order chi connectivity index (χ0) is 24.9. The predicted octanol–water partition coefficient (Wildman–Crippen LogP) is 8.65. The van der Waals surface area contributed by atoms with Crippen molar-refractivity contribution in [3.05, 3.63) is 78.4 Å². The summed E-state index contributed by atoms with van der Waals surface area (Å²) in [5.41, 5.74) is 3.95. The Morgan fingerprint density at radius 2 is 1.51 bits per heavy atom. The van der Waals surface area contributed by atoms with Crippen LogP contribution in [0.5, 0.6) is 11.5 Å². The summed E-state index contributed by atoms with van der Waals surface area (Å²) in [5.74, 6) is 0.528. The molecular formula is C29H34F3NO2. The molecule has 3 aromatic rings. The minimum atomic E-state index is -4.70. The van der Waals surface area contributed by atoms with Crippen LogP contribution in [0.25, 0.3) is 11.1 Å². The van der Waals surface area contributed by atoms with Crippen molar-refractivity contribution in [3.8, 4) is 22.6 Å². The van der Waals surface area contributed by atoms with E-state index in [1.54, 1.807) is 12.1 Å². The van der Waals surface area contributed by atoms with Gasteiger partial charge >= 0.3 is 6.36 Å². The molecule has 0 spiro atoms. The van der Waals surface area contributed by atoms with E-state index in [0.29, 0.717) is 6.61 Å². The molecule has 0 aliphatic rings. The molecule has 0 heterocycles. The highest BCUT2D eigenvalue weighted by molar-refractivity contribution is 5.71. The SMILES string of the molecule is CCCCCCOc1cc(-c2ccc(OC(F)(F)F)cc2)ccc1NCCCCc1ccccc1. The van der Waals surface area contributed by atoms with Crippen LogP contribution in [0, 0.1) is 0 Å². The van der Waals surface area contributed by atoms with Gasteiger partial charge in [-0.2, -0.15) is 0 Å². The van der Waals surface area contributed by atoms with Gasteiger partial charge in [0, 0.05) is 6.54 Å². The molecular weight excluding hydrogens is 451 g/mol. The lowest BCUT2D eigenvalue weighted by Crippen LogP contribution is -2.16. The average Bonchev–Trinajstić information content (AvgIpc) is 2.84. The molecule has 0 saturated carbocycles. The minimum absolute atomic E-state index is 0.234. The van der Waals surface area contributed by atoms with Crippen LogP contribution in [-0.2, 0) is 6.42 Å². The minimum Gasteiger partial charge on any atom is -0.491 e. The smallest absolute Gasteiger partial charge is 0.491 e. The Hall–Kier alpha value is -3.15. The van der Waals surface area contributed by atoms with Crippen molar-refractivity contribution in [2.75, 3.05) is 18.5 Å². The quantitative estimate of drug-likeness (QED) is 0.232. The van der Waals surface area contributed by atoms with Gasteiger partial charge in [0.25, 0.3) is 0 Å². The zero-order valence-electron chi connectivity index (χ0n) is 20.2. The number of halogens is 3. The summed E-state index contributed by atoms with van der Waals surface area (Å²) in [6, 6.07) is 22.2. The van der Waals surface area contributed by atoms with E-state index in [1.807, 2.05) is 24.3 Å². The summed E-state index contributed by atoms with van der Waals surface area (Å²) < 4.78 is 47.5. The van der Waals surface area contributed by atoms with Crippen LogP contribution in [0.1, 0.15) is 51.0 Å². The van der Waals surface area contributed by atoms with Gasteiger partial charge in [-0.15, -0.1) is 13.2 Å². The van der Waals surface area contributed by atoms with Crippen molar-refractivity contribution < 1.29 is 22.6 Å².